The second-order valence-corrected chi connectivity index (χ2v) is 6.72. The van der Waals surface area contributed by atoms with Crippen LogP contribution < -0.4 is 5.32 Å². The fraction of sp³-hybridized carbons (Fsp3) is 0.278. The standard InChI is InChI=1S/C18H19N3O4/c1-18(2,3)14-9-16(25-21-14)20-15(22)10-24-17(23)13-8-11-6-4-5-7-12(11)19-13/h4-9,19H,10H2,1-3H3,(H,20,22). The number of aromatic nitrogens is 2. The highest BCUT2D eigenvalue weighted by molar-refractivity contribution is 5.97. The fourth-order valence-electron chi connectivity index (χ4n) is 2.25. The molecule has 0 aliphatic heterocycles. The van der Waals surface area contributed by atoms with Gasteiger partial charge < -0.3 is 14.2 Å². The Labute approximate surface area is 144 Å². The maximum atomic E-state index is 12.0. The number of aromatic amines is 1. The van der Waals surface area contributed by atoms with Crippen molar-refractivity contribution < 1.29 is 18.8 Å². The highest BCUT2D eigenvalue weighted by atomic mass is 16.5. The van der Waals surface area contributed by atoms with Crippen LogP contribution in [0.4, 0.5) is 5.88 Å². The van der Waals surface area contributed by atoms with Crippen LogP contribution in [0.2, 0.25) is 0 Å². The number of hydrogen-bond donors (Lipinski definition) is 2. The molecule has 0 atom stereocenters. The maximum Gasteiger partial charge on any atom is 0.355 e. The van der Waals surface area contributed by atoms with Crippen molar-refractivity contribution in [1.29, 1.82) is 0 Å². The van der Waals surface area contributed by atoms with E-state index in [0.717, 1.165) is 16.6 Å². The second kappa shape index (κ2) is 6.43. The third kappa shape index (κ3) is 3.88. The maximum absolute atomic E-state index is 12.0. The van der Waals surface area contributed by atoms with E-state index < -0.39 is 18.5 Å². The highest BCUT2D eigenvalue weighted by Gasteiger charge is 2.20. The summed E-state index contributed by atoms with van der Waals surface area (Å²) in [6, 6.07) is 10.8. The molecule has 1 aromatic carbocycles. The molecular weight excluding hydrogens is 322 g/mol. The largest absolute Gasteiger partial charge is 0.451 e. The summed E-state index contributed by atoms with van der Waals surface area (Å²) < 4.78 is 10.1. The van der Waals surface area contributed by atoms with Crippen molar-refractivity contribution in [2.45, 2.75) is 26.2 Å². The van der Waals surface area contributed by atoms with Gasteiger partial charge in [0.05, 0.1) is 5.69 Å². The number of nitrogens with one attached hydrogen (secondary N) is 2. The summed E-state index contributed by atoms with van der Waals surface area (Å²) in [6.07, 6.45) is 0. The van der Waals surface area contributed by atoms with Gasteiger partial charge in [-0.25, -0.2) is 4.79 Å². The average Bonchev–Trinajstić information content (AvgIpc) is 3.18. The van der Waals surface area contributed by atoms with Crippen molar-refractivity contribution in [3.63, 3.8) is 0 Å². The van der Waals surface area contributed by atoms with E-state index in [-0.39, 0.29) is 11.3 Å². The van der Waals surface area contributed by atoms with E-state index in [0.29, 0.717) is 5.69 Å². The lowest BCUT2D eigenvalue weighted by Crippen LogP contribution is -2.20. The van der Waals surface area contributed by atoms with Gasteiger partial charge in [0.1, 0.15) is 5.69 Å². The molecule has 2 N–H and O–H groups in total. The van der Waals surface area contributed by atoms with Gasteiger partial charge in [-0.1, -0.05) is 44.1 Å². The lowest BCUT2D eigenvalue weighted by Gasteiger charge is -2.12. The van der Waals surface area contributed by atoms with E-state index in [1.54, 1.807) is 12.1 Å². The molecule has 0 fully saturated rings. The number of hydrogen-bond acceptors (Lipinski definition) is 5. The minimum absolute atomic E-state index is 0.186. The van der Waals surface area contributed by atoms with Gasteiger partial charge in [0.25, 0.3) is 5.91 Å². The van der Waals surface area contributed by atoms with E-state index >= 15 is 0 Å². The number of ether oxygens (including phenoxy) is 1. The minimum atomic E-state index is -0.598. The molecule has 0 bridgehead atoms. The summed E-state index contributed by atoms with van der Waals surface area (Å²) in [7, 11) is 0. The lowest BCUT2D eigenvalue weighted by molar-refractivity contribution is -0.119. The predicted molar refractivity (Wildman–Crippen MR) is 92.4 cm³/mol. The first-order valence-corrected chi connectivity index (χ1v) is 7.85. The first-order valence-electron chi connectivity index (χ1n) is 7.85. The van der Waals surface area contributed by atoms with E-state index in [2.05, 4.69) is 15.5 Å². The van der Waals surface area contributed by atoms with Crippen molar-refractivity contribution in [3.05, 3.63) is 47.8 Å². The van der Waals surface area contributed by atoms with Gasteiger partial charge in [0.15, 0.2) is 6.61 Å². The Morgan fingerprint density at radius 3 is 2.68 bits per heavy atom. The van der Waals surface area contributed by atoms with Crippen LogP contribution in [0.3, 0.4) is 0 Å². The monoisotopic (exact) mass is 341 g/mol. The van der Waals surface area contributed by atoms with Crippen molar-refractivity contribution in [2.75, 3.05) is 11.9 Å². The SMILES string of the molecule is CC(C)(C)c1cc(NC(=O)COC(=O)c2cc3ccccc3[nH]2)on1. The van der Waals surface area contributed by atoms with Crippen LogP contribution in [0.1, 0.15) is 37.0 Å². The van der Waals surface area contributed by atoms with E-state index in [1.165, 1.54) is 0 Å². The Balaban J connectivity index is 1.56. The number of para-hydroxylation sites is 1. The summed E-state index contributed by atoms with van der Waals surface area (Å²) in [5.41, 5.74) is 1.66. The molecule has 0 saturated heterocycles. The second-order valence-electron chi connectivity index (χ2n) is 6.72. The van der Waals surface area contributed by atoms with Crippen molar-refractivity contribution in [1.82, 2.24) is 10.1 Å². The van der Waals surface area contributed by atoms with Crippen LogP contribution in [0.25, 0.3) is 10.9 Å². The van der Waals surface area contributed by atoms with Gasteiger partial charge in [0.2, 0.25) is 5.88 Å². The van der Waals surface area contributed by atoms with Crippen molar-refractivity contribution >= 4 is 28.7 Å². The molecule has 7 nitrogen and oxygen atoms in total. The Morgan fingerprint density at radius 1 is 1.24 bits per heavy atom. The minimum Gasteiger partial charge on any atom is -0.451 e. The number of carbonyl (C=O) groups is 2. The zero-order chi connectivity index (χ0) is 18.0. The summed E-state index contributed by atoms with van der Waals surface area (Å²) in [5.74, 6) is -0.878. The average molecular weight is 341 g/mol. The molecule has 3 rings (SSSR count). The number of amides is 1. The van der Waals surface area contributed by atoms with Crippen LogP contribution in [-0.4, -0.2) is 28.6 Å². The molecule has 1 amide bonds. The van der Waals surface area contributed by atoms with Gasteiger partial charge in [-0.05, 0) is 12.1 Å². The molecule has 0 saturated carbocycles. The smallest absolute Gasteiger partial charge is 0.355 e. The Bertz CT molecular complexity index is 885. The van der Waals surface area contributed by atoms with Gasteiger partial charge in [0, 0.05) is 22.4 Å². The number of carbonyl (C=O) groups excluding carboxylic acids is 2. The van der Waals surface area contributed by atoms with E-state index in [9.17, 15) is 9.59 Å². The summed E-state index contributed by atoms with van der Waals surface area (Å²) in [6.45, 7) is 5.54. The van der Waals surface area contributed by atoms with E-state index in [4.69, 9.17) is 9.26 Å². The van der Waals surface area contributed by atoms with Crippen LogP contribution in [0, 0.1) is 0 Å². The fourth-order valence-corrected chi connectivity index (χ4v) is 2.25. The zero-order valence-electron chi connectivity index (χ0n) is 14.3. The Hall–Kier alpha value is -3.09. The molecule has 25 heavy (non-hydrogen) atoms. The predicted octanol–water partition coefficient (Wildman–Crippen LogP) is 3.25. The topological polar surface area (TPSA) is 97.2 Å². The van der Waals surface area contributed by atoms with Gasteiger partial charge in [-0.3, -0.25) is 10.1 Å². The molecule has 2 aromatic heterocycles. The number of rotatable bonds is 4. The van der Waals surface area contributed by atoms with Gasteiger partial charge in [-0.2, -0.15) is 0 Å². The number of H-pyrrole nitrogens is 1. The Morgan fingerprint density at radius 2 is 2.00 bits per heavy atom. The summed E-state index contributed by atoms with van der Waals surface area (Å²) in [5, 5.41) is 7.32. The summed E-state index contributed by atoms with van der Waals surface area (Å²) in [4.78, 5) is 26.9. The van der Waals surface area contributed by atoms with Gasteiger partial charge >= 0.3 is 5.97 Å². The van der Waals surface area contributed by atoms with Crippen LogP contribution in [0.15, 0.2) is 40.9 Å². The van der Waals surface area contributed by atoms with Gasteiger partial charge in [-0.15, -0.1) is 0 Å². The third-order valence-corrected chi connectivity index (χ3v) is 3.63. The normalized spacial score (nSPS) is 11.5. The van der Waals surface area contributed by atoms with E-state index in [1.807, 2.05) is 45.0 Å². The number of fused-ring (bicyclic) bond motifs is 1. The van der Waals surface area contributed by atoms with Crippen molar-refractivity contribution in [3.8, 4) is 0 Å². The molecule has 0 aliphatic carbocycles. The molecule has 0 aliphatic rings. The number of benzene rings is 1. The Kier molecular flexibility index (Phi) is 4.31. The molecule has 0 unspecified atom stereocenters. The zero-order valence-corrected chi connectivity index (χ0v) is 14.3. The molecule has 3 aromatic rings. The quantitative estimate of drug-likeness (QED) is 0.710. The van der Waals surface area contributed by atoms with Crippen molar-refractivity contribution in [2.24, 2.45) is 0 Å². The molecule has 0 radical (unpaired) electrons. The highest BCUT2D eigenvalue weighted by Crippen LogP contribution is 2.23. The third-order valence-electron chi connectivity index (χ3n) is 3.63. The first kappa shape index (κ1) is 16.8. The van der Waals surface area contributed by atoms with Crippen LogP contribution >= 0.6 is 0 Å². The molecular formula is C18H19N3O4. The lowest BCUT2D eigenvalue weighted by atomic mass is 9.92. The molecule has 130 valence electrons. The number of nitrogens with zero attached hydrogens (tertiary/aromatic N) is 1. The number of anilines is 1. The summed E-state index contributed by atoms with van der Waals surface area (Å²) >= 11 is 0. The molecule has 7 heteroatoms. The first-order chi connectivity index (χ1) is 11.8. The number of esters is 1. The van der Waals surface area contributed by atoms with Crippen LogP contribution in [0.5, 0.6) is 0 Å². The van der Waals surface area contributed by atoms with Crippen LogP contribution in [-0.2, 0) is 14.9 Å². The molecule has 0 spiro atoms. The molecule has 2 heterocycles.